The Balaban J connectivity index is 2.20. The molecule has 2 rings (SSSR count). The fourth-order valence-electron chi connectivity index (χ4n) is 2.26. The number of aromatic nitrogens is 2. The Morgan fingerprint density at radius 3 is 2.68 bits per heavy atom. The second-order valence-electron chi connectivity index (χ2n) is 4.83. The number of benzene rings is 1. The summed E-state index contributed by atoms with van der Waals surface area (Å²) in [6, 6.07) is 7.63. The summed E-state index contributed by atoms with van der Waals surface area (Å²) in [5.41, 5.74) is 4.03. The van der Waals surface area contributed by atoms with Crippen LogP contribution in [0, 0.1) is 6.92 Å². The summed E-state index contributed by atoms with van der Waals surface area (Å²) in [5.74, 6) is 0. The van der Waals surface area contributed by atoms with E-state index in [1.165, 1.54) is 0 Å². The molecule has 1 unspecified atom stereocenters. The first-order chi connectivity index (χ1) is 9.01. The third kappa shape index (κ3) is 3.17. The smallest absolute Gasteiger partial charge is 0.0847 e. The number of aryl methyl sites for hydroxylation is 3. The molecule has 0 saturated carbocycles. The lowest BCUT2D eigenvalue weighted by atomic mass is 10.00. The largest absolute Gasteiger partial charge is 0.388 e. The van der Waals surface area contributed by atoms with Gasteiger partial charge in [0, 0.05) is 24.2 Å². The van der Waals surface area contributed by atoms with Gasteiger partial charge in [-0.1, -0.05) is 24.6 Å². The topological polar surface area (TPSA) is 38.0 Å². The Morgan fingerprint density at radius 2 is 2.11 bits per heavy atom. The lowest BCUT2D eigenvalue weighted by Crippen LogP contribution is -2.07. The molecule has 19 heavy (non-hydrogen) atoms. The van der Waals surface area contributed by atoms with Crippen LogP contribution in [0.1, 0.15) is 35.5 Å². The van der Waals surface area contributed by atoms with Crippen LogP contribution in [0.2, 0.25) is 5.02 Å². The lowest BCUT2D eigenvalue weighted by molar-refractivity contribution is 0.175. The highest BCUT2D eigenvalue weighted by atomic mass is 35.5. The molecule has 1 heterocycles. The third-order valence-electron chi connectivity index (χ3n) is 3.38. The summed E-state index contributed by atoms with van der Waals surface area (Å²) in [6.45, 7) is 4.04. The molecule has 3 nitrogen and oxygen atoms in total. The minimum Gasteiger partial charge on any atom is -0.388 e. The quantitative estimate of drug-likeness (QED) is 0.932. The molecule has 0 radical (unpaired) electrons. The van der Waals surface area contributed by atoms with Crippen molar-refractivity contribution in [3.05, 3.63) is 51.8 Å². The van der Waals surface area contributed by atoms with E-state index in [0.717, 1.165) is 28.9 Å². The fraction of sp³-hybridized carbons (Fsp3) is 0.400. The Kier molecular flexibility index (Phi) is 4.27. The second kappa shape index (κ2) is 5.76. The van der Waals surface area contributed by atoms with Gasteiger partial charge in [0.15, 0.2) is 0 Å². The Morgan fingerprint density at radius 1 is 1.37 bits per heavy atom. The van der Waals surface area contributed by atoms with E-state index >= 15 is 0 Å². The zero-order chi connectivity index (χ0) is 14.0. The first-order valence-corrected chi connectivity index (χ1v) is 6.85. The number of halogens is 1. The van der Waals surface area contributed by atoms with Gasteiger partial charge in [0.25, 0.3) is 0 Å². The Hall–Kier alpha value is -1.32. The molecule has 0 aliphatic heterocycles. The molecule has 1 aromatic carbocycles. The predicted molar refractivity (Wildman–Crippen MR) is 77.4 cm³/mol. The summed E-state index contributed by atoms with van der Waals surface area (Å²) >= 11 is 5.93. The first kappa shape index (κ1) is 14.1. The SMILES string of the molecule is CCc1cc(CC(O)c2ccc(Cl)cc2C)n(C)n1. The van der Waals surface area contributed by atoms with Crippen molar-refractivity contribution in [2.45, 2.75) is 32.8 Å². The summed E-state index contributed by atoms with van der Waals surface area (Å²) in [5, 5.41) is 15.5. The van der Waals surface area contributed by atoms with Gasteiger partial charge in [-0.25, -0.2) is 0 Å². The summed E-state index contributed by atoms with van der Waals surface area (Å²) in [4.78, 5) is 0. The van der Waals surface area contributed by atoms with Gasteiger partial charge < -0.3 is 5.11 Å². The van der Waals surface area contributed by atoms with Crippen LogP contribution < -0.4 is 0 Å². The van der Waals surface area contributed by atoms with Crippen molar-refractivity contribution in [1.82, 2.24) is 9.78 Å². The van der Waals surface area contributed by atoms with Crippen molar-refractivity contribution in [2.75, 3.05) is 0 Å². The minimum atomic E-state index is -0.530. The van der Waals surface area contributed by atoms with Gasteiger partial charge in [-0.3, -0.25) is 4.68 Å². The van der Waals surface area contributed by atoms with Crippen LogP contribution in [-0.2, 0) is 19.9 Å². The number of aliphatic hydroxyl groups is 1. The van der Waals surface area contributed by atoms with Crippen LogP contribution >= 0.6 is 11.6 Å². The van der Waals surface area contributed by atoms with E-state index in [9.17, 15) is 5.11 Å². The van der Waals surface area contributed by atoms with Crippen LogP contribution in [0.15, 0.2) is 24.3 Å². The van der Waals surface area contributed by atoms with Crippen LogP contribution in [0.4, 0.5) is 0 Å². The van der Waals surface area contributed by atoms with Gasteiger partial charge in [0.1, 0.15) is 0 Å². The van der Waals surface area contributed by atoms with Crippen LogP contribution in [-0.4, -0.2) is 14.9 Å². The number of rotatable bonds is 4. The van der Waals surface area contributed by atoms with E-state index in [-0.39, 0.29) is 0 Å². The lowest BCUT2D eigenvalue weighted by Gasteiger charge is -2.14. The average Bonchev–Trinajstić information content (AvgIpc) is 2.70. The molecule has 0 spiro atoms. The fourth-order valence-corrected chi connectivity index (χ4v) is 2.48. The molecule has 1 atom stereocenters. The Labute approximate surface area is 118 Å². The van der Waals surface area contributed by atoms with Crippen molar-refractivity contribution < 1.29 is 5.11 Å². The van der Waals surface area contributed by atoms with Crippen LogP contribution in [0.5, 0.6) is 0 Å². The zero-order valence-corrected chi connectivity index (χ0v) is 12.3. The van der Waals surface area contributed by atoms with Crippen molar-refractivity contribution in [2.24, 2.45) is 7.05 Å². The predicted octanol–water partition coefficient (Wildman–Crippen LogP) is 3.22. The first-order valence-electron chi connectivity index (χ1n) is 6.47. The number of nitrogens with zero attached hydrogens (tertiary/aromatic N) is 2. The summed E-state index contributed by atoms with van der Waals surface area (Å²) < 4.78 is 1.84. The highest BCUT2D eigenvalue weighted by Gasteiger charge is 2.14. The van der Waals surface area contributed by atoms with Gasteiger partial charge in [-0.05, 0) is 42.7 Å². The average molecular weight is 279 g/mol. The van der Waals surface area contributed by atoms with E-state index in [4.69, 9.17) is 11.6 Å². The molecule has 4 heteroatoms. The highest BCUT2D eigenvalue weighted by molar-refractivity contribution is 6.30. The van der Waals surface area contributed by atoms with Gasteiger partial charge in [-0.15, -0.1) is 0 Å². The molecule has 0 bridgehead atoms. The maximum atomic E-state index is 10.4. The number of hydrogen-bond acceptors (Lipinski definition) is 2. The van der Waals surface area contributed by atoms with E-state index in [1.54, 1.807) is 0 Å². The van der Waals surface area contributed by atoms with Crippen molar-refractivity contribution >= 4 is 11.6 Å². The van der Waals surface area contributed by atoms with Crippen molar-refractivity contribution in [3.8, 4) is 0 Å². The van der Waals surface area contributed by atoms with Gasteiger partial charge in [-0.2, -0.15) is 5.10 Å². The van der Waals surface area contributed by atoms with E-state index in [0.29, 0.717) is 11.4 Å². The van der Waals surface area contributed by atoms with Crippen LogP contribution in [0.3, 0.4) is 0 Å². The van der Waals surface area contributed by atoms with Gasteiger partial charge >= 0.3 is 0 Å². The molecular formula is C15H19ClN2O. The minimum absolute atomic E-state index is 0.530. The standard InChI is InChI=1S/C15H19ClN2O/c1-4-12-8-13(18(3)17-12)9-15(19)14-6-5-11(16)7-10(14)2/h5-8,15,19H,4,9H2,1-3H3. The molecule has 0 amide bonds. The molecule has 0 aliphatic carbocycles. The molecule has 102 valence electrons. The Bertz CT molecular complexity index is 578. The molecule has 0 fully saturated rings. The molecule has 0 saturated heterocycles. The third-order valence-corrected chi connectivity index (χ3v) is 3.62. The van der Waals surface area contributed by atoms with Gasteiger partial charge in [0.2, 0.25) is 0 Å². The molecule has 1 N–H and O–H groups in total. The molecular weight excluding hydrogens is 260 g/mol. The van der Waals surface area contributed by atoms with Crippen LogP contribution in [0.25, 0.3) is 0 Å². The van der Waals surface area contributed by atoms with Crippen molar-refractivity contribution in [1.29, 1.82) is 0 Å². The monoisotopic (exact) mass is 278 g/mol. The normalized spacial score (nSPS) is 12.7. The number of hydrogen-bond donors (Lipinski definition) is 1. The molecule has 0 aliphatic rings. The number of aliphatic hydroxyl groups excluding tert-OH is 1. The second-order valence-corrected chi connectivity index (χ2v) is 5.26. The molecule has 2 aromatic rings. The van der Waals surface area contributed by atoms with E-state index in [2.05, 4.69) is 18.1 Å². The molecule has 1 aromatic heterocycles. The van der Waals surface area contributed by atoms with E-state index < -0.39 is 6.10 Å². The summed E-state index contributed by atoms with van der Waals surface area (Å²) in [6.07, 6.45) is 0.938. The van der Waals surface area contributed by atoms with Gasteiger partial charge in [0.05, 0.1) is 11.8 Å². The highest BCUT2D eigenvalue weighted by Crippen LogP contribution is 2.24. The van der Waals surface area contributed by atoms with E-state index in [1.807, 2.05) is 36.9 Å². The zero-order valence-electron chi connectivity index (χ0n) is 11.5. The van der Waals surface area contributed by atoms with Crippen molar-refractivity contribution in [3.63, 3.8) is 0 Å². The summed E-state index contributed by atoms with van der Waals surface area (Å²) in [7, 11) is 1.91. The maximum Gasteiger partial charge on any atom is 0.0847 e. The maximum absolute atomic E-state index is 10.4.